The van der Waals surface area contributed by atoms with Gasteiger partial charge in [-0.1, -0.05) is 17.7 Å². The highest BCUT2D eigenvalue weighted by molar-refractivity contribution is 5.95. The van der Waals surface area contributed by atoms with Crippen LogP contribution in [0.25, 0.3) is 0 Å². The molecule has 7 heteroatoms. The third-order valence-corrected chi connectivity index (χ3v) is 5.62. The fraction of sp³-hybridized carbons (Fsp3) is 0.381. The van der Waals surface area contributed by atoms with Gasteiger partial charge in [0, 0.05) is 24.1 Å². The molecule has 0 spiro atoms. The quantitative estimate of drug-likeness (QED) is 0.425. The van der Waals surface area contributed by atoms with Gasteiger partial charge in [-0.3, -0.25) is 10.1 Å². The van der Waals surface area contributed by atoms with Crippen LogP contribution in [0.3, 0.4) is 0 Å². The fourth-order valence-electron chi connectivity index (χ4n) is 4.13. The second-order valence-electron chi connectivity index (χ2n) is 7.42. The first-order valence-corrected chi connectivity index (χ1v) is 9.44. The molecule has 0 amide bonds. The standard InChI is InChI=1S/C21H24N3O3.BrH/c1-16-6-10-18(11-7-16)22-15-21(25,23-14-4-2-3-5-20(22)23)17-8-12-19(13-9-17)24(26)27;/h6-13,25H,2-5,14-15H2,1H3;1H/q+1;/p-1. The summed E-state index contributed by atoms with van der Waals surface area (Å²) in [7, 11) is 0. The summed E-state index contributed by atoms with van der Waals surface area (Å²) in [5, 5.41) is 22.7. The summed E-state index contributed by atoms with van der Waals surface area (Å²) in [6.45, 7) is 3.26. The Hall–Kier alpha value is -2.25. The Morgan fingerprint density at radius 2 is 1.75 bits per heavy atom. The van der Waals surface area contributed by atoms with Crippen LogP contribution in [0.1, 0.15) is 36.8 Å². The maximum absolute atomic E-state index is 11.7. The molecule has 0 radical (unpaired) electrons. The van der Waals surface area contributed by atoms with E-state index < -0.39 is 10.6 Å². The van der Waals surface area contributed by atoms with Crippen LogP contribution in [0.15, 0.2) is 48.5 Å². The summed E-state index contributed by atoms with van der Waals surface area (Å²) in [5.74, 6) is 1.14. The second-order valence-corrected chi connectivity index (χ2v) is 7.42. The fourth-order valence-corrected chi connectivity index (χ4v) is 4.13. The second kappa shape index (κ2) is 8.01. The lowest BCUT2D eigenvalue weighted by molar-refractivity contribution is -0.658. The molecule has 0 aromatic heterocycles. The van der Waals surface area contributed by atoms with E-state index in [0.29, 0.717) is 12.1 Å². The zero-order valence-corrected chi connectivity index (χ0v) is 17.4. The number of halogens is 1. The van der Waals surface area contributed by atoms with Gasteiger partial charge in [-0.25, -0.2) is 9.48 Å². The summed E-state index contributed by atoms with van der Waals surface area (Å²) >= 11 is 0. The SMILES string of the molecule is Cc1ccc(N2CC(O)(c3ccc([N+](=O)[O-])cc3)[N+]3=C2CCCCC3)cc1.[Br-]. The molecule has 2 aliphatic rings. The highest BCUT2D eigenvalue weighted by atomic mass is 79.9. The molecule has 1 atom stereocenters. The van der Waals surface area contributed by atoms with Crippen molar-refractivity contribution in [2.45, 2.75) is 38.3 Å². The minimum absolute atomic E-state index is 0. The number of non-ortho nitro benzene ring substituents is 1. The minimum atomic E-state index is -1.18. The maximum atomic E-state index is 11.7. The van der Waals surface area contributed by atoms with Crippen molar-refractivity contribution in [3.63, 3.8) is 0 Å². The van der Waals surface area contributed by atoms with E-state index in [1.807, 2.05) is 0 Å². The van der Waals surface area contributed by atoms with Gasteiger partial charge >= 0.3 is 0 Å². The molecule has 2 aromatic carbocycles. The maximum Gasteiger partial charge on any atom is 0.271 e. The highest BCUT2D eigenvalue weighted by Crippen LogP contribution is 2.35. The third-order valence-electron chi connectivity index (χ3n) is 5.62. The van der Waals surface area contributed by atoms with Crippen molar-refractivity contribution in [1.82, 2.24) is 0 Å². The van der Waals surface area contributed by atoms with Gasteiger partial charge in [0.1, 0.15) is 5.69 Å². The average Bonchev–Trinajstić information content (AvgIpc) is 2.83. The zero-order chi connectivity index (χ0) is 19.0. The van der Waals surface area contributed by atoms with E-state index in [2.05, 4.69) is 40.7 Å². The van der Waals surface area contributed by atoms with Crippen LogP contribution in [-0.2, 0) is 5.72 Å². The van der Waals surface area contributed by atoms with Gasteiger partial charge < -0.3 is 22.1 Å². The van der Waals surface area contributed by atoms with Gasteiger partial charge in [0.05, 0.1) is 11.5 Å². The van der Waals surface area contributed by atoms with E-state index in [1.54, 1.807) is 12.1 Å². The number of aliphatic hydroxyl groups is 1. The molecule has 28 heavy (non-hydrogen) atoms. The van der Waals surface area contributed by atoms with Crippen LogP contribution in [-0.4, -0.2) is 33.5 Å². The molecule has 1 unspecified atom stereocenters. The summed E-state index contributed by atoms with van der Waals surface area (Å²) in [6.07, 6.45) is 4.19. The predicted molar refractivity (Wildman–Crippen MR) is 104 cm³/mol. The van der Waals surface area contributed by atoms with Crippen molar-refractivity contribution >= 4 is 17.2 Å². The molecular formula is C21H24BrN3O3. The molecule has 0 fully saturated rings. The Balaban J connectivity index is 0.00000225. The van der Waals surface area contributed by atoms with Crippen LogP contribution in [0.5, 0.6) is 0 Å². The predicted octanol–water partition coefficient (Wildman–Crippen LogP) is 0.558. The molecule has 0 saturated carbocycles. The van der Waals surface area contributed by atoms with Crippen LogP contribution >= 0.6 is 0 Å². The van der Waals surface area contributed by atoms with Gasteiger partial charge in [0.15, 0.2) is 6.54 Å². The first-order chi connectivity index (χ1) is 13.0. The molecule has 2 aliphatic heterocycles. The first-order valence-electron chi connectivity index (χ1n) is 9.44. The molecule has 4 rings (SSSR count). The Morgan fingerprint density at radius 1 is 1.07 bits per heavy atom. The van der Waals surface area contributed by atoms with Crippen molar-refractivity contribution in [3.05, 3.63) is 69.8 Å². The minimum Gasteiger partial charge on any atom is -1.00 e. The molecule has 0 bridgehead atoms. The Kier molecular flexibility index (Phi) is 5.86. The molecule has 2 aromatic rings. The number of nitrogens with zero attached hydrogens (tertiary/aromatic N) is 3. The number of anilines is 1. The van der Waals surface area contributed by atoms with Gasteiger partial charge in [-0.15, -0.1) is 0 Å². The molecule has 0 saturated heterocycles. The number of hydrogen-bond donors (Lipinski definition) is 1. The molecule has 148 valence electrons. The number of rotatable bonds is 3. The molecular weight excluding hydrogens is 422 g/mol. The Bertz CT molecular complexity index is 896. The van der Waals surface area contributed by atoms with E-state index >= 15 is 0 Å². The van der Waals surface area contributed by atoms with E-state index in [4.69, 9.17) is 0 Å². The highest BCUT2D eigenvalue weighted by Gasteiger charge is 2.52. The average molecular weight is 446 g/mol. The lowest BCUT2D eigenvalue weighted by Gasteiger charge is -2.23. The monoisotopic (exact) mass is 445 g/mol. The van der Waals surface area contributed by atoms with E-state index in [9.17, 15) is 15.2 Å². The van der Waals surface area contributed by atoms with Crippen molar-refractivity contribution in [2.24, 2.45) is 0 Å². The van der Waals surface area contributed by atoms with Crippen molar-refractivity contribution < 1.29 is 31.6 Å². The Labute approximate surface area is 175 Å². The molecule has 2 heterocycles. The summed E-state index contributed by atoms with van der Waals surface area (Å²) in [4.78, 5) is 12.8. The van der Waals surface area contributed by atoms with Crippen molar-refractivity contribution in [1.29, 1.82) is 0 Å². The number of nitro benzene ring substituents is 1. The van der Waals surface area contributed by atoms with Crippen LogP contribution in [0, 0.1) is 17.0 Å². The first kappa shape index (κ1) is 20.5. The molecule has 6 nitrogen and oxygen atoms in total. The summed E-state index contributed by atoms with van der Waals surface area (Å²) in [6, 6.07) is 14.7. The van der Waals surface area contributed by atoms with Gasteiger partial charge in [-0.05, 0) is 50.5 Å². The molecule has 0 aliphatic carbocycles. The number of nitro groups is 1. The van der Waals surface area contributed by atoms with Gasteiger partial charge in [0.25, 0.3) is 17.2 Å². The number of benzene rings is 2. The van der Waals surface area contributed by atoms with E-state index in [0.717, 1.165) is 43.8 Å². The zero-order valence-electron chi connectivity index (χ0n) is 15.8. The lowest BCUT2D eigenvalue weighted by atomic mass is 10.0. The smallest absolute Gasteiger partial charge is 0.271 e. The van der Waals surface area contributed by atoms with Gasteiger partial charge in [0.2, 0.25) is 0 Å². The van der Waals surface area contributed by atoms with Crippen molar-refractivity contribution in [2.75, 3.05) is 18.0 Å². The van der Waals surface area contributed by atoms with E-state index in [-0.39, 0.29) is 22.7 Å². The van der Waals surface area contributed by atoms with Crippen molar-refractivity contribution in [3.8, 4) is 0 Å². The normalized spacial score (nSPS) is 21.7. The van der Waals surface area contributed by atoms with Crippen LogP contribution < -0.4 is 21.9 Å². The van der Waals surface area contributed by atoms with Crippen LogP contribution in [0.4, 0.5) is 11.4 Å². The third kappa shape index (κ3) is 3.56. The van der Waals surface area contributed by atoms with Gasteiger partial charge in [-0.2, -0.15) is 0 Å². The number of aryl methyl sites for hydroxylation is 1. The van der Waals surface area contributed by atoms with E-state index in [1.165, 1.54) is 17.7 Å². The lowest BCUT2D eigenvalue weighted by Crippen LogP contribution is -3.00. The van der Waals surface area contributed by atoms with Crippen LogP contribution in [0.2, 0.25) is 0 Å². The topological polar surface area (TPSA) is 69.6 Å². The Morgan fingerprint density at radius 3 is 2.39 bits per heavy atom. The number of hydrogen-bond acceptors (Lipinski definition) is 4. The largest absolute Gasteiger partial charge is 1.00 e. The summed E-state index contributed by atoms with van der Waals surface area (Å²) in [5.41, 5.74) is 1.82. The number of amidine groups is 1. The summed E-state index contributed by atoms with van der Waals surface area (Å²) < 4.78 is 2.10. The molecule has 1 N–H and O–H groups in total. The number of β-amino-alcohol motifs (C(OH)–C–C–N with tert-alkyl or cyclic N) is 1.